The molecule has 2 aromatic carbocycles. The summed E-state index contributed by atoms with van der Waals surface area (Å²) < 4.78 is 33.5. The Bertz CT molecular complexity index is 1230. The number of carbonyl (C=O) groups is 1. The Balaban J connectivity index is 1.34. The minimum Gasteiger partial charge on any atom is -0.439 e. The molecule has 9 heteroatoms. The zero-order valence-electron chi connectivity index (χ0n) is 19.2. The summed E-state index contributed by atoms with van der Waals surface area (Å²) in [5.74, 6) is 0.822. The highest BCUT2D eigenvalue weighted by Gasteiger charge is 2.29. The van der Waals surface area contributed by atoms with Crippen LogP contribution in [0.4, 0.5) is 5.69 Å². The Labute approximate surface area is 194 Å². The first kappa shape index (κ1) is 23.4. The number of carbonyl (C=O) groups excluding carboxylic acids is 1. The lowest BCUT2D eigenvalue weighted by Gasteiger charge is -2.33. The number of sulfonamides is 1. The predicted molar refractivity (Wildman–Crippen MR) is 127 cm³/mol. The minimum atomic E-state index is -3.59. The lowest BCUT2D eigenvalue weighted by molar-refractivity contribution is -0.116. The maximum atomic E-state index is 13.1. The van der Waals surface area contributed by atoms with Gasteiger partial charge in [-0.3, -0.25) is 9.69 Å². The van der Waals surface area contributed by atoms with Crippen LogP contribution in [0.5, 0.6) is 0 Å². The van der Waals surface area contributed by atoms with Crippen molar-refractivity contribution in [2.24, 2.45) is 5.92 Å². The number of rotatable bonds is 7. The van der Waals surface area contributed by atoms with Crippen LogP contribution in [0.1, 0.15) is 31.7 Å². The first-order valence-corrected chi connectivity index (χ1v) is 12.6. The Morgan fingerprint density at radius 1 is 1.09 bits per heavy atom. The summed E-state index contributed by atoms with van der Waals surface area (Å²) in [5, 5.41) is 2.80. The second kappa shape index (κ2) is 9.62. The van der Waals surface area contributed by atoms with E-state index < -0.39 is 10.0 Å². The molecule has 1 aromatic heterocycles. The summed E-state index contributed by atoms with van der Waals surface area (Å²) in [6, 6.07) is 12.3. The number of anilines is 1. The van der Waals surface area contributed by atoms with Gasteiger partial charge in [-0.25, -0.2) is 13.4 Å². The number of nitrogens with zero attached hydrogens (tertiary/aromatic N) is 3. The van der Waals surface area contributed by atoms with Crippen molar-refractivity contribution < 1.29 is 17.6 Å². The van der Waals surface area contributed by atoms with Crippen LogP contribution in [0.2, 0.25) is 0 Å². The van der Waals surface area contributed by atoms with E-state index in [0.29, 0.717) is 50.7 Å². The average molecular weight is 471 g/mol. The fourth-order valence-corrected chi connectivity index (χ4v) is 5.34. The highest BCUT2D eigenvalue weighted by atomic mass is 32.2. The summed E-state index contributed by atoms with van der Waals surface area (Å²) in [4.78, 5) is 18.9. The van der Waals surface area contributed by atoms with Crippen LogP contribution in [0.3, 0.4) is 0 Å². The largest absolute Gasteiger partial charge is 0.439 e. The SMILES string of the molecule is Cc1ccc2oc(CN3CCN(S(=O)(=O)c4ccc(NC(=O)CC(C)C)cc4)CC3)nc2c1. The Morgan fingerprint density at radius 3 is 2.45 bits per heavy atom. The van der Waals surface area contributed by atoms with Crippen molar-refractivity contribution in [2.75, 3.05) is 31.5 Å². The molecule has 1 aliphatic rings. The number of amides is 1. The van der Waals surface area contributed by atoms with Crippen LogP contribution in [0.15, 0.2) is 51.8 Å². The molecule has 0 bridgehead atoms. The number of fused-ring (bicyclic) bond motifs is 1. The van der Waals surface area contributed by atoms with Gasteiger partial charge in [0.25, 0.3) is 0 Å². The van der Waals surface area contributed by atoms with E-state index in [0.717, 1.165) is 16.7 Å². The molecule has 0 radical (unpaired) electrons. The smallest absolute Gasteiger partial charge is 0.243 e. The first-order valence-electron chi connectivity index (χ1n) is 11.2. The number of hydrogen-bond donors (Lipinski definition) is 1. The molecule has 0 saturated carbocycles. The van der Waals surface area contributed by atoms with Gasteiger partial charge in [0, 0.05) is 38.3 Å². The molecule has 0 spiro atoms. The molecule has 1 saturated heterocycles. The summed E-state index contributed by atoms with van der Waals surface area (Å²) in [6.45, 7) is 8.51. The lowest BCUT2D eigenvalue weighted by atomic mass is 10.1. The number of aromatic nitrogens is 1. The molecule has 0 atom stereocenters. The zero-order chi connectivity index (χ0) is 23.6. The third kappa shape index (κ3) is 5.61. The Morgan fingerprint density at radius 2 is 1.79 bits per heavy atom. The quantitative estimate of drug-likeness (QED) is 0.567. The molecule has 1 amide bonds. The molecule has 2 heterocycles. The Hall–Kier alpha value is -2.75. The minimum absolute atomic E-state index is 0.0780. The highest BCUT2D eigenvalue weighted by Crippen LogP contribution is 2.22. The van der Waals surface area contributed by atoms with Crippen molar-refractivity contribution in [1.29, 1.82) is 0 Å². The van der Waals surface area contributed by atoms with E-state index in [-0.39, 0.29) is 16.7 Å². The van der Waals surface area contributed by atoms with E-state index in [1.165, 1.54) is 4.31 Å². The van der Waals surface area contributed by atoms with Gasteiger partial charge in [0.2, 0.25) is 21.8 Å². The van der Waals surface area contributed by atoms with Crippen molar-refractivity contribution in [1.82, 2.24) is 14.2 Å². The number of hydrogen-bond acceptors (Lipinski definition) is 6. The fraction of sp³-hybridized carbons (Fsp3) is 0.417. The molecule has 1 N–H and O–H groups in total. The van der Waals surface area contributed by atoms with Gasteiger partial charge in [-0.15, -0.1) is 0 Å². The highest BCUT2D eigenvalue weighted by molar-refractivity contribution is 7.89. The molecule has 1 fully saturated rings. The van der Waals surface area contributed by atoms with Gasteiger partial charge in [0.1, 0.15) is 5.52 Å². The maximum absolute atomic E-state index is 13.1. The van der Waals surface area contributed by atoms with E-state index in [1.54, 1.807) is 24.3 Å². The molecule has 3 aromatic rings. The van der Waals surface area contributed by atoms with E-state index >= 15 is 0 Å². The molecule has 0 unspecified atom stereocenters. The molecule has 176 valence electrons. The first-order chi connectivity index (χ1) is 15.7. The molecular formula is C24H30N4O4S. The molecule has 0 aliphatic carbocycles. The van der Waals surface area contributed by atoms with Gasteiger partial charge in [-0.05, 0) is 54.8 Å². The van der Waals surface area contributed by atoms with Gasteiger partial charge >= 0.3 is 0 Å². The van der Waals surface area contributed by atoms with Crippen LogP contribution in [0, 0.1) is 12.8 Å². The third-order valence-electron chi connectivity index (χ3n) is 5.65. The number of aryl methyl sites for hydroxylation is 1. The van der Waals surface area contributed by atoms with E-state index in [2.05, 4.69) is 15.2 Å². The van der Waals surface area contributed by atoms with Crippen molar-refractivity contribution in [3.05, 3.63) is 53.9 Å². The topological polar surface area (TPSA) is 95.8 Å². The number of nitrogens with one attached hydrogen (secondary N) is 1. The van der Waals surface area contributed by atoms with E-state index in [9.17, 15) is 13.2 Å². The van der Waals surface area contributed by atoms with Gasteiger partial charge in [-0.1, -0.05) is 19.9 Å². The molecule has 1 aliphatic heterocycles. The summed E-state index contributed by atoms with van der Waals surface area (Å²) in [7, 11) is -3.59. The van der Waals surface area contributed by atoms with Crippen molar-refractivity contribution in [2.45, 2.75) is 38.6 Å². The van der Waals surface area contributed by atoms with Crippen LogP contribution in [-0.4, -0.2) is 54.7 Å². The number of piperazine rings is 1. The van der Waals surface area contributed by atoms with E-state index in [1.807, 2.05) is 39.0 Å². The third-order valence-corrected chi connectivity index (χ3v) is 7.56. The van der Waals surface area contributed by atoms with Crippen LogP contribution in [0.25, 0.3) is 11.1 Å². The molecular weight excluding hydrogens is 440 g/mol. The summed E-state index contributed by atoms with van der Waals surface area (Å²) in [5.41, 5.74) is 3.33. The molecule has 8 nitrogen and oxygen atoms in total. The second-order valence-electron chi connectivity index (χ2n) is 8.93. The number of benzene rings is 2. The van der Waals surface area contributed by atoms with Crippen molar-refractivity contribution >= 4 is 32.7 Å². The fourth-order valence-electron chi connectivity index (χ4n) is 3.91. The van der Waals surface area contributed by atoms with Gasteiger partial charge in [0.05, 0.1) is 11.4 Å². The van der Waals surface area contributed by atoms with Gasteiger partial charge < -0.3 is 9.73 Å². The normalized spacial score (nSPS) is 15.9. The second-order valence-corrected chi connectivity index (χ2v) is 10.9. The monoisotopic (exact) mass is 470 g/mol. The summed E-state index contributed by atoms with van der Waals surface area (Å²) in [6.07, 6.45) is 0.424. The van der Waals surface area contributed by atoms with Gasteiger partial charge in [-0.2, -0.15) is 4.31 Å². The van der Waals surface area contributed by atoms with Crippen molar-refractivity contribution in [3.63, 3.8) is 0 Å². The van der Waals surface area contributed by atoms with Crippen LogP contribution >= 0.6 is 0 Å². The predicted octanol–water partition coefficient (Wildman–Crippen LogP) is 3.63. The molecule has 4 rings (SSSR count). The van der Waals surface area contributed by atoms with Gasteiger partial charge in [0.15, 0.2) is 5.58 Å². The number of oxazole rings is 1. The average Bonchev–Trinajstić information content (AvgIpc) is 3.15. The lowest BCUT2D eigenvalue weighted by Crippen LogP contribution is -2.48. The molecule has 33 heavy (non-hydrogen) atoms. The maximum Gasteiger partial charge on any atom is 0.243 e. The van der Waals surface area contributed by atoms with Crippen LogP contribution < -0.4 is 5.32 Å². The van der Waals surface area contributed by atoms with E-state index in [4.69, 9.17) is 4.42 Å². The van der Waals surface area contributed by atoms with Crippen LogP contribution in [-0.2, 0) is 21.4 Å². The van der Waals surface area contributed by atoms with Crippen molar-refractivity contribution in [3.8, 4) is 0 Å². The Kier molecular flexibility index (Phi) is 6.83. The standard InChI is InChI=1S/C24H30N4O4S/c1-17(2)14-23(29)25-19-5-7-20(8-6-19)33(30,31)28-12-10-27(11-13-28)16-24-26-21-15-18(3)4-9-22(21)32-24/h4-9,15,17H,10-14,16H2,1-3H3,(H,25,29). The summed E-state index contributed by atoms with van der Waals surface area (Å²) >= 11 is 0. The zero-order valence-corrected chi connectivity index (χ0v) is 20.1.